The Hall–Kier alpha value is -0.370. The molecule has 1 N–H and O–H groups in total. The molecule has 0 aliphatic rings. The number of aliphatic hydroxyl groups is 1. The number of hydrogen-bond donors (Lipinski definition) is 1. The maximum absolute atomic E-state index is 10.4. The average Bonchev–Trinajstić information content (AvgIpc) is 1.89. The van der Waals surface area contributed by atoms with E-state index in [4.69, 9.17) is 0 Å². The van der Waals surface area contributed by atoms with E-state index in [1.54, 1.807) is 13.8 Å². The Balaban J connectivity index is 3.90. The van der Waals surface area contributed by atoms with E-state index in [0.29, 0.717) is 6.42 Å². The van der Waals surface area contributed by atoms with Crippen molar-refractivity contribution in [1.29, 1.82) is 0 Å². The predicted molar refractivity (Wildman–Crippen MR) is 40.8 cm³/mol. The molecule has 0 fully saturated rings. The zero-order valence-corrected chi connectivity index (χ0v) is 6.92. The van der Waals surface area contributed by atoms with Crippen LogP contribution in [0, 0.1) is 5.41 Å². The second-order valence-corrected chi connectivity index (χ2v) is 3.24. The lowest BCUT2D eigenvalue weighted by Crippen LogP contribution is -2.30. The minimum absolute atomic E-state index is 0.491. The average molecular weight is 144 g/mol. The third kappa shape index (κ3) is 2.48. The van der Waals surface area contributed by atoms with Gasteiger partial charge in [0.15, 0.2) is 0 Å². The summed E-state index contributed by atoms with van der Waals surface area (Å²) in [7, 11) is 0. The Morgan fingerprint density at radius 3 is 2.40 bits per heavy atom. The molecule has 0 saturated heterocycles. The monoisotopic (exact) mass is 144 g/mol. The zero-order valence-electron chi connectivity index (χ0n) is 6.92. The molecular formula is C8H16O2. The highest BCUT2D eigenvalue weighted by Gasteiger charge is 2.25. The lowest BCUT2D eigenvalue weighted by molar-refractivity contribution is -0.120. The molecule has 0 aromatic heterocycles. The molecule has 0 aromatic carbocycles. The molecule has 0 bridgehead atoms. The lowest BCUT2D eigenvalue weighted by Gasteiger charge is -2.23. The Morgan fingerprint density at radius 1 is 1.60 bits per heavy atom. The maximum atomic E-state index is 10.4. The van der Waals surface area contributed by atoms with Crippen LogP contribution in [-0.4, -0.2) is 17.5 Å². The summed E-state index contributed by atoms with van der Waals surface area (Å²) in [6.45, 7) is 5.49. The van der Waals surface area contributed by atoms with E-state index >= 15 is 0 Å². The van der Waals surface area contributed by atoms with Gasteiger partial charge in [-0.1, -0.05) is 27.2 Å². The van der Waals surface area contributed by atoms with Crippen LogP contribution in [0.15, 0.2) is 0 Å². The normalized spacial score (nSPS) is 14.8. The minimum Gasteiger partial charge on any atom is -0.392 e. The third-order valence-corrected chi connectivity index (χ3v) is 1.72. The standard InChI is InChI=1S/C8H16O2/c1-4-5-7(10)8(2,3)6-9/h6-7,10H,4-5H2,1-3H3. The van der Waals surface area contributed by atoms with Crippen LogP contribution in [0.25, 0.3) is 0 Å². The van der Waals surface area contributed by atoms with Gasteiger partial charge in [-0.3, -0.25) is 0 Å². The van der Waals surface area contributed by atoms with Crippen molar-refractivity contribution in [2.75, 3.05) is 0 Å². The second kappa shape index (κ2) is 3.71. The molecule has 0 aliphatic carbocycles. The molecule has 0 radical (unpaired) electrons. The highest BCUT2D eigenvalue weighted by molar-refractivity contribution is 5.58. The highest BCUT2D eigenvalue weighted by atomic mass is 16.3. The van der Waals surface area contributed by atoms with E-state index < -0.39 is 11.5 Å². The largest absolute Gasteiger partial charge is 0.392 e. The molecule has 0 saturated carbocycles. The van der Waals surface area contributed by atoms with Crippen molar-refractivity contribution in [1.82, 2.24) is 0 Å². The second-order valence-electron chi connectivity index (χ2n) is 3.24. The molecule has 2 nitrogen and oxygen atoms in total. The van der Waals surface area contributed by atoms with E-state index in [1.165, 1.54) is 0 Å². The zero-order chi connectivity index (χ0) is 8.20. The van der Waals surface area contributed by atoms with Crippen LogP contribution in [0.1, 0.15) is 33.6 Å². The van der Waals surface area contributed by atoms with Crippen molar-refractivity contribution in [2.24, 2.45) is 5.41 Å². The summed E-state index contributed by atoms with van der Waals surface area (Å²) in [6, 6.07) is 0. The van der Waals surface area contributed by atoms with Crippen molar-refractivity contribution in [2.45, 2.75) is 39.7 Å². The van der Waals surface area contributed by atoms with Crippen molar-refractivity contribution in [3.8, 4) is 0 Å². The molecule has 0 rings (SSSR count). The van der Waals surface area contributed by atoms with Crippen LogP contribution in [-0.2, 0) is 4.79 Å². The van der Waals surface area contributed by atoms with Gasteiger partial charge in [-0.25, -0.2) is 0 Å². The minimum atomic E-state index is -0.573. The van der Waals surface area contributed by atoms with Gasteiger partial charge in [0.05, 0.1) is 6.10 Å². The van der Waals surface area contributed by atoms with E-state index in [9.17, 15) is 9.90 Å². The fraction of sp³-hybridized carbons (Fsp3) is 0.875. The van der Waals surface area contributed by atoms with Crippen LogP contribution in [0.3, 0.4) is 0 Å². The summed E-state index contributed by atoms with van der Waals surface area (Å²) in [5.74, 6) is 0. The highest BCUT2D eigenvalue weighted by Crippen LogP contribution is 2.20. The molecule has 1 atom stereocenters. The van der Waals surface area contributed by atoms with Crippen LogP contribution < -0.4 is 0 Å². The molecule has 0 spiro atoms. The van der Waals surface area contributed by atoms with Gasteiger partial charge in [-0.2, -0.15) is 0 Å². The number of carbonyl (C=O) groups is 1. The van der Waals surface area contributed by atoms with Crippen LogP contribution >= 0.6 is 0 Å². The Labute approximate surface area is 62.2 Å². The summed E-state index contributed by atoms with van der Waals surface area (Å²) < 4.78 is 0. The van der Waals surface area contributed by atoms with Crippen LogP contribution in [0.2, 0.25) is 0 Å². The van der Waals surface area contributed by atoms with Gasteiger partial charge < -0.3 is 9.90 Å². The summed E-state index contributed by atoms with van der Waals surface area (Å²) in [6.07, 6.45) is 1.94. The number of carbonyl (C=O) groups excluding carboxylic acids is 1. The van der Waals surface area contributed by atoms with Gasteiger partial charge in [0.25, 0.3) is 0 Å². The molecule has 0 aromatic rings. The molecule has 2 heteroatoms. The number of rotatable bonds is 4. The predicted octanol–water partition coefficient (Wildman–Crippen LogP) is 1.37. The molecule has 0 heterocycles. The number of aliphatic hydroxyl groups excluding tert-OH is 1. The Kier molecular flexibility index (Phi) is 3.58. The third-order valence-electron chi connectivity index (χ3n) is 1.72. The maximum Gasteiger partial charge on any atom is 0.128 e. The van der Waals surface area contributed by atoms with Crippen molar-refractivity contribution < 1.29 is 9.90 Å². The van der Waals surface area contributed by atoms with Crippen LogP contribution in [0.4, 0.5) is 0 Å². The fourth-order valence-electron chi connectivity index (χ4n) is 0.724. The first-order chi connectivity index (χ1) is 4.54. The number of aldehydes is 1. The first-order valence-electron chi connectivity index (χ1n) is 3.69. The fourth-order valence-corrected chi connectivity index (χ4v) is 0.724. The molecule has 60 valence electrons. The quantitative estimate of drug-likeness (QED) is 0.605. The summed E-state index contributed by atoms with van der Waals surface area (Å²) in [5.41, 5.74) is -0.573. The summed E-state index contributed by atoms with van der Waals surface area (Å²) in [4.78, 5) is 10.4. The van der Waals surface area contributed by atoms with E-state index in [-0.39, 0.29) is 0 Å². The van der Waals surface area contributed by atoms with Gasteiger partial charge in [-0.15, -0.1) is 0 Å². The van der Waals surface area contributed by atoms with Crippen molar-refractivity contribution in [3.63, 3.8) is 0 Å². The van der Waals surface area contributed by atoms with Crippen molar-refractivity contribution in [3.05, 3.63) is 0 Å². The Morgan fingerprint density at radius 2 is 2.10 bits per heavy atom. The SMILES string of the molecule is CCCC(O)C(C)(C)C=O. The molecular weight excluding hydrogens is 128 g/mol. The summed E-state index contributed by atoms with van der Waals surface area (Å²) >= 11 is 0. The molecule has 0 amide bonds. The lowest BCUT2D eigenvalue weighted by atomic mass is 9.86. The van der Waals surface area contributed by atoms with Gasteiger partial charge >= 0.3 is 0 Å². The topological polar surface area (TPSA) is 37.3 Å². The van der Waals surface area contributed by atoms with Crippen LogP contribution in [0.5, 0.6) is 0 Å². The smallest absolute Gasteiger partial charge is 0.128 e. The van der Waals surface area contributed by atoms with E-state index in [1.807, 2.05) is 6.92 Å². The van der Waals surface area contributed by atoms with Gasteiger partial charge in [-0.05, 0) is 6.42 Å². The van der Waals surface area contributed by atoms with Gasteiger partial charge in [0.1, 0.15) is 6.29 Å². The van der Waals surface area contributed by atoms with Crippen molar-refractivity contribution >= 4 is 6.29 Å². The molecule has 10 heavy (non-hydrogen) atoms. The number of hydrogen-bond acceptors (Lipinski definition) is 2. The van der Waals surface area contributed by atoms with Gasteiger partial charge in [0, 0.05) is 5.41 Å². The first-order valence-corrected chi connectivity index (χ1v) is 3.69. The first kappa shape index (κ1) is 9.63. The van der Waals surface area contributed by atoms with E-state index in [0.717, 1.165) is 12.7 Å². The molecule has 0 aliphatic heterocycles. The van der Waals surface area contributed by atoms with E-state index in [2.05, 4.69) is 0 Å². The summed E-state index contributed by atoms with van der Waals surface area (Å²) in [5, 5.41) is 9.35. The van der Waals surface area contributed by atoms with Gasteiger partial charge in [0.2, 0.25) is 0 Å². The molecule has 1 unspecified atom stereocenters. The Bertz CT molecular complexity index is 108.